The summed E-state index contributed by atoms with van der Waals surface area (Å²) in [5.74, 6) is 0.202. The summed E-state index contributed by atoms with van der Waals surface area (Å²) in [7, 11) is 0. The molecule has 1 saturated heterocycles. The van der Waals surface area contributed by atoms with E-state index < -0.39 is 6.04 Å². The van der Waals surface area contributed by atoms with Crippen LogP contribution in [0.5, 0.6) is 5.75 Å². The molecule has 2 amide bonds. The van der Waals surface area contributed by atoms with Crippen LogP contribution in [0.4, 0.5) is 0 Å². The summed E-state index contributed by atoms with van der Waals surface area (Å²) < 4.78 is 5.34. The predicted octanol–water partition coefficient (Wildman–Crippen LogP) is 1.15. The Bertz CT molecular complexity index is 479. The predicted molar refractivity (Wildman–Crippen MR) is 78.5 cm³/mol. The molecule has 0 spiro atoms. The summed E-state index contributed by atoms with van der Waals surface area (Å²) in [5, 5.41) is 5.80. The van der Waals surface area contributed by atoms with Gasteiger partial charge in [-0.25, -0.2) is 0 Å². The topological polar surface area (TPSA) is 67.4 Å². The molecule has 0 bridgehead atoms. The average molecular weight is 294 g/mol. The molecular weight excluding hydrogens is 276 g/mol. The molecule has 2 N–H and O–H groups in total. The highest BCUT2D eigenvalue weighted by Crippen LogP contribution is 2.23. The first-order valence-corrected chi connectivity index (χ1v) is 7.43. The third kappa shape index (κ3) is 3.90. The van der Waals surface area contributed by atoms with Crippen molar-refractivity contribution in [3.05, 3.63) is 30.3 Å². The number of rotatable bonds is 6. The van der Waals surface area contributed by atoms with Crippen molar-refractivity contribution in [2.24, 2.45) is 0 Å². The van der Waals surface area contributed by atoms with E-state index in [1.54, 1.807) is 23.9 Å². The molecule has 1 aliphatic rings. The lowest BCUT2D eigenvalue weighted by molar-refractivity contribution is -0.134. The molecule has 5 nitrogen and oxygen atoms in total. The smallest absolute Gasteiger partial charge is 0.258 e. The van der Waals surface area contributed by atoms with Crippen LogP contribution < -0.4 is 15.4 Å². The van der Waals surface area contributed by atoms with Crippen LogP contribution in [-0.4, -0.2) is 35.1 Å². The molecule has 1 heterocycles. The summed E-state index contributed by atoms with van der Waals surface area (Å²) in [6.07, 6.45) is 0. The zero-order chi connectivity index (χ0) is 14.5. The summed E-state index contributed by atoms with van der Waals surface area (Å²) in [5.41, 5.74) is 0. The Morgan fingerprint density at radius 1 is 1.40 bits per heavy atom. The van der Waals surface area contributed by atoms with Crippen LogP contribution in [0.3, 0.4) is 0 Å². The molecule has 2 atom stereocenters. The van der Waals surface area contributed by atoms with E-state index in [9.17, 15) is 9.59 Å². The van der Waals surface area contributed by atoms with Gasteiger partial charge in [0, 0.05) is 5.25 Å². The van der Waals surface area contributed by atoms with Crippen LogP contribution in [0.15, 0.2) is 30.3 Å². The first kappa shape index (κ1) is 14.7. The molecule has 1 fully saturated rings. The Labute approximate surface area is 122 Å². The molecular formula is C14H18N2O3S. The third-order valence-corrected chi connectivity index (χ3v) is 3.95. The lowest BCUT2D eigenvalue weighted by Crippen LogP contribution is -2.68. The van der Waals surface area contributed by atoms with Crippen LogP contribution in [0.1, 0.15) is 13.8 Å². The van der Waals surface area contributed by atoms with Gasteiger partial charge in [-0.1, -0.05) is 32.0 Å². The van der Waals surface area contributed by atoms with Gasteiger partial charge in [0.05, 0.1) is 0 Å². The van der Waals surface area contributed by atoms with Crippen molar-refractivity contribution in [2.75, 3.05) is 6.61 Å². The van der Waals surface area contributed by atoms with E-state index in [1.807, 2.05) is 32.0 Å². The Kier molecular flexibility index (Phi) is 4.89. The minimum absolute atomic E-state index is 0.0526. The van der Waals surface area contributed by atoms with E-state index in [0.717, 1.165) is 0 Å². The van der Waals surface area contributed by atoms with Crippen LogP contribution in [0, 0.1) is 0 Å². The standard InChI is InChI=1S/C14H18N2O3S/c1-9(2)20-14-12(13(18)16-14)15-11(17)8-19-10-6-4-3-5-7-10/h3-7,9,12,14H,8H2,1-2H3,(H,15,17)(H,16,18)/t12-,14-/m1/s1. The molecule has 20 heavy (non-hydrogen) atoms. The average Bonchev–Trinajstić information content (AvgIpc) is 2.43. The first-order valence-electron chi connectivity index (χ1n) is 6.49. The van der Waals surface area contributed by atoms with Crippen LogP contribution in [0.25, 0.3) is 0 Å². The summed E-state index contributed by atoms with van der Waals surface area (Å²) in [6, 6.07) is 8.64. The molecule has 0 saturated carbocycles. The molecule has 0 aromatic heterocycles. The van der Waals surface area contributed by atoms with Gasteiger partial charge >= 0.3 is 0 Å². The number of carbonyl (C=O) groups is 2. The Morgan fingerprint density at radius 2 is 2.10 bits per heavy atom. The fourth-order valence-corrected chi connectivity index (χ4v) is 2.90. The lowest BCUT2D eigenvalue weighted by atomic mass is 10.1. The van der Waals surface area contributed by atoms with E-state index >= 15 is 0 Å². The van der Waals surface area contributed by atoms with Crippen LogP contribution in [-0.2, 0) is 9.59 Å². The van der Waals surface area contributed by atoms with Crippen LogP contribution >= 0.6 is 11.8 Å². The maximum absolute atomic E-state index is 11.8. The number of β-lactam (4-membered cyclic amide) rings is 1. The van der Waals surface area contributed by atoms with E-state index in [4.69, 9.17) is 4.74 Å². The number of hydrogen-bond acceptors (Lipinski definition) is 4. The first-order chi connectivity index (χ1) is 9.56. The molecule has 1 aliphatic heterocycles. The number of hydrogen-bond donors (Lipinski definition) is 2. The molecule has 1 aromatic carbocycles. The largest absolute Gasteiger partial charge is 0.484 e. The second kappa shape index (κ2) is 6.65. The normalized spacial score (nSPS) is 21.1. The molecule has 0 unspecified atom stereocenters. The summed E-state index contributed by atoms with van der Waals surface area (Å²) in [4.78, 5) is 23.2. The highest BCUT2D eigenvalue weighted by Gasteiger charge is 2.41. The van der Waals surface area contributed by atoms with E-state index in [0.29, 0.717) is 11.0 Å². The van der Waals surface area contributed by atoms with Crippen molar-refractivity contribution in [2.45, 2.75) is 30.5 Å². The minimum Gasteiger partial charge on any atom is -0.484 e. The van der Waals surface area contributed by atoms with Crippen molar-refractivity contribution in [1.29, 1.82) is 0 Å². The minimum atomic E-state index is -0.464. The number of carbonyl (C=O) groups excluding carboxylic acids is 2. The molecule has 0 radical (unpaired) electrons. The summed E-state index contributed by atoms with van der Waals surface area (Å²) >= 11 is 1.62. The van der Waals surface area contributed by atoms with Gasteiger partial charge in [-0.3, -0.25) is 9.59 Å². The number of ether oxygens (including phenoxy) is 1. The lowest BCUT2D eigenvalue weighted by Gasteiger charge is -2.37. The number of nitrogens with one attached hydrogen (secondary N) is 2. The third-order valence-electron chi connectivity index (χ3n) is 2.72. The van der Waals surface area contributed by atoms with Gasteiger partial charge in [-0.05, 0) is 12.1 Å². The quantitative estimate of drug-likeness (QED) is 0.772. The molecule has 6 heteroatoms. The fourth-order valence-electron chi connectivity index (χ4n) is 1.78. The van der Waals surface area contributed by atoms with Crippen molar-refractivity contribution in [1.82, 2.24) is 10.6 Å². The SMILES string of the molecule is CC(C)S[C@H]1NC(=O)[C@H]1NC(=O)COc1ccccc1. The second-order valence-electron chi connectivity index (χ2n) is 4.76. The Balaban J connectivity index is 1.77. The molecule has 0 aliphatic carbocycles. The second-order valence-corrected chi connectivity index (χ2v) is 6.48. The van der Waals surface area contributed by atoms with Gasteiger partial charge in [-0.2, -0.15) is 0 Å². The van der Waals surface area contributed by atoms with Gasteiger partial charge in [0.1, 0.15) is 17.2 Å². The fraction of sp³-hybridized carbons (Fsp3) is 0.429. The highest BCUT2D eigenvalue weighted by molar-refractivity contribution is 8.00. The van der Waals surface area contributed by atoms with Gasteiger partial charge in [0.25, 0.3) is 5.91 Å². The van der Waals surface area contributed by atoms with Gasteiger partial charge < -0.3 is 15.4 Å². The monoisotopic (exact) mass is 294 g/mol. The molecule has 1 aromatic rings. The maximum Gasteiger partial charge on any atom is 0.258 e. The van der Waals surface area contributed by atoms with E-state index in [1.165, 1.54) is 0 Å². The highest BCUT2D eigenvalue weighted by atomic mass is 32.2. The molecule has 108 valence electrons. The van der Waals surface area contributed by atoms with Gasteiger partial charge in [0.2, 0.25) is 5.91 Å². The molecule has 2 rings (SSSR count). The van der Waals surface area contributed by atoms with Crippen molar-refractivity contribution in [3.8, 4) is 5.75 Å². The zero-order valence-electron chi connectivity index (χ0n) is 11.5. The van der Waals surface area contributed by atoms with Gasteiger partial charge in [0.15, 0.2) is 6.61 Å². The maximum atomic E-state index is 11.8. The zero-order valence-corrected chi connectivity index (χ0v) is 12.3. The number of para-hydroxylation sites is 1. The number of amides is 2. The van der Waals surface area contributed by atoms with Crippen molar-refractivity contribution in [3.63, 3.8) is 0 Å². The van der Waals surface area contributed by atoms with E-state index in [2.05, 4.69) is 10.6 Å². The number of benzene rings is 1. The van der Waals surface area contributed by atoms with Crippen molar-refractivity contribution >= 4 is 23.6 Å². The van der Waals surface area contributed by atoms with Crippen LogP contribution in [0.2, 0.25) is 0 Å². The summed E-state index contributed by atoms with van der Waals surface area (Å²) in [6.45, 7) is 4.01. The van der Waals surface area contributed by atoms with Gasteiger partial charge in [-0.15, -0.1) is 11.8 Å². The Hall–Kier alpha value is -1.69. The number of thioether (sulfide) groups is 1. The van der Waals surface area contributed by atoms with Crippen molar-refractivity contribution < 1.29 is 14.3 Å². The van der Waals surface area contributed by atoms with E-state index in [-0.39, 0.29) is 23.8 Å². The Morgan fingerprint density at radius 3 is 2.70 bits per heavy atom.